The molecule has 6 nitrogen and oxygen atoms in total. The average Bonchev–Trinajstić information content (AvgIpc) is 1.96. The molecule has 0 spiro atoms. The van der Waals surface area contributed by atoms with Crippen LogP contribution in [0.15, 0.2) is 22.1 Å². The van der Waals surface area contributed by atoms with Crippen LogP contribution in [0.1, 0.15) is 6.92 Å². The molecular weight excluding hydrogens is 164 g/mol. The summed E-state index contributed by atoms with van der Waals surface area (Å²) < 4.78 is 4.37. The van der Waals surface area contributed by atoms with Crippen LogP contribution in [0.25, 0.3) is 0 Å². The van der Waals surface area contributed by atoms with Gasteiger partial charge < -0.3 is 4.74 Å². The summed E-state index contributed by atoms with van der Waals surface area (Å²) in [4.78, 5) is 31.6. The Labute approximate surface area is 66.9 Å². The lowest BCUT2D eigenvalue weighted by molar-refractivity contribution is -0.140. The average molecular weight is 168 g/mol. The molecule has 6 heteroatoms. The number of hydrogen-bond acceptors (Lipinski definition) is 4. The summed E-state index contributed by atoms with van der Waals surface area (Å²) in [6.45, 7) is 1.12. The first-order valence-corrected chi connectivity index (χ1v) is 3.00. The third-order valence-corrected chi connectivity index (χ3v) is 0.958. The predicted molar refractivity (Wildman–Crippen MR) is 34.7 cm³/mol. The topological polar surface area (TPSA) is 85.2 Å². The van der Waals surface area contributed by atoms with Gasteiger partial charge in [0.1, 0.15) is 0 Å². The zero-order chi connectivity index (χ0) is 9.14. The second-order valence-electron chi connectivity index (χ2n) is 1.95. The molecule has 0 aromatic carbocycles. The smallest absolute Gasteiger partial charge is 0.331 e. The van der Waals surface area contributed by atoms with E-state index in [9.17, 15) is 14.4 Å². The van der Waals surface area contributed by atoms with Crippen molar-refractivity contribution in [2.45, 2.75) is 6.92 Å². The van der Waals surface area contributed by atoms with E-state index >= 15 is 0 Å². The molecule has 1 heterocycles. The number of nitrogens with zero attached hydrogens (tertiary/aromatic N) is 2. The van der Waals surface area contributed by atoms with E-state index in [0.717, 1.165) is 13.0 Å². The van der Waals surface area contributed by atoms with E-state index in [4.69, 9.17) is 0 Å². The van der Waals surface area contributed by atoms with Crippen LogP contribution in [0.4, 0.5) is 0 Å². The van der Waals surface area contributed by atoms with Crippen LogP contribution in [0.5, 0.6) is 0 Å². The first-order chi connectivity index (χ1) is 5.59. The highest BCUT2D eigenvalue weighted by Crippen LogP contribution is 2.07. The predicted octanol–water partition coefficient (Wildman–Crippen LogP) is -0.0476. The summed E-state index contributed by atoms with van der Waals surface area (Å²) in [5.74, 6) is -2.61. The fourth-order valence-electron chi connectivity index (χ4n) is 0.575. The number of rotatable bonds is 1. The Morgan fingerprint density at radius 2 is 2.08 bits per heavy atom. The largest absolute Gasteiger partial charge is 0.420 e. The van der Waals surface area contributed by atoms with E-state index in [2.05, 4.69) is 15.0 Å². The SMILES string of the molecule is CC(=O)OC1=CC(=O)N=NC1=O. The molecule has 0 aliphatic carbocycles. The van der Waals surface area contributed by atoms with Crippen LogP contribution in [-0.2, 0) is 19.1 Å². The molecule has 0 atom stereocenters. The molecule has 0 saturated heterocycles. The number of esters is 1. The van der Waals surface area contributed by atoms with Gasteiger partial charge in [0, 0.05) is 6.92 Å². The molecule has 62 valence electrons. The molecule has 0 unspecified atom stereocenters. The van der Waals surface area contributed by atoms with E-state index < -0.39 is 17.8 Å². The number of ether oxygens (including phenoxy) is 1. The molecule has 12 heavy (non-hydrogen) atoms. The van der Waals surface area contributed by atoms with Crippen LogP contribution in [0.2, 0.25) is 0 Å². The molecule has 0 fully saturated rings. The highest BCUT2D eigenvalue weighted by Gasteiger charge is 2.18. The molecule has 0 radical (unpaired) electrons. The Morgan fingerprint density at radius 3 is 2.67 bits per heavy atom. The van der Waals surface area contributed by atoms with Gasteiger partial charge in [-0.25, -0.2) is 0 Å². The number of carbonyl (C=O) groups is 3. The molecule has 1 aliphatic rings. The molecule has 0 aromatic heterocycles. The Hall–Kier alpha value is -1.85. The lowest BCUT2D eigenvalue weighted by atomic mass is 10.4. The zero-order valence-corrected chi connectivity index (χ0v) is 6.10. The van der Waals surface area contributed by atoms with Gasteiger partial charge in [-0.05, 0) is 0 Å². The maximum atomic E-state index is 10.7. The van der Waals surface area contributed by atoms with Crippen molar-refractivity contribution in [3.63, 3.8) is 0 Å². The zero-order valence-electron chi connectivity index (χ0n) is 6.10. The van der Waals surface area contributed by atoms with Gasteiger partial charge in [-0.15, -0.1) is 5.11 Å². The first-order valence-electron chi connectivity index (χ1n) is 3.00. The van der Waals surface area contributed by atoms with Crippen molar-refractivity contribution in [1.29, 1.82) is 0 Å². The van der Waals surface area contributed by atoms with Gasteiger partial charge in [0.05, 0.1) is 6.08 Å². The third kappa shape index (κ3) is 1.82. The van der Waals surface area contributed by atoms with Gasteiger partial charge in [0.25, 0.3) is 5.91 Å². The van der Waals surface area contributed by atoms with Crippen LogP contribution in [0.3, 0.4) is 0 Å². The molecule has 0 bridgehead atoms. The first kappa shape index (κ1) is 8.25. The summed E-state index contributed by atoms with van der Waals surface area (Å²) in [5.41, 5.74) is 0. The van der Waals surface area contributed by atoms with Crippen molar-refractivity contribution in [2.75, 3.05) is 0 Å². The minimum absolute atomic E-state index is 0.387. The summed E-state index contributed by atoms with van der Waals surface area (Å²) in [6.07, 6.45) is 0.816. The van der Waals surface area contributed by atoms with Crippen molar-refractivity contribution in [3.8, 4) is 0 Å². The summed E-state index contributed by atoms with van der Waals surface area (Å²) in [7, 11) is 0. The minimum Gasteiger partial charge on any atom is -0.420 e. The van der Waals surface area contributed by atoms with Crippen LogP contribution in [-0.4, -0.2) is 17.8 Å². The number of hydrogen-bond donors (Lipinski definition) is 0. The van der Waals surface area contributed by atoms with E-state index in [1.54, 1.807) is 0 Å². The lowest BCUT2D eigenvalue weighted by Crippen LogP contribution is -2.12. The molecular formula is C6H4N2O4. The Morgan fingerprint density at radius 1 is 1.42 bits per heavy atom. The Bertz CT molecular complexity index is 316. The van der Waals surface area contributed by atoms with Gasteiger partial charge in [-0.3, -0.25) is 14.4 Å². The fourth-order valence-corrected chi connectivity index (χ4v) is 0.575. The lowest BCUT2D eigenvalue weighted by Gasteiger charge is -2.02. The standard InChI is InChI=1S/C6H4N2O4/c1-3(9)12-4-2-5(10)7-8-6(4)11/h2H,1H3. The van der Waals surface area contributed by atoms with E-state index in [0.29, 0.717) is 0 Å². The second-order valence-corrected chi connectivity index (χ2v) is 1.95. The second kappa shape index (κ2) is 3.04. The molecule has 1 aliphatic heterocycles. The van der Waals surface area contributed by atoms with Crippen LogP contribution >= 0.6 is 0 Å². The van der Waals surface area contributed by atoms with Crippen molar-refractivity contribution in [2.24, 2.45) is 10.2 Å². The van der Waals surface area contributed by atoms with Gasteiger partial charge in [-0.1, -0.05) is 5.11 Å². The van der Waals surface area contributed by atoms with Crippen molar-refractivity contribution in [1.82, 2.24) is 0 Å². The van der Waals surface area contributed by atoms with Gasteiger partial charge in [0.15, 0.2) is 0 Å². The molecule has 0 aromatic rings. The van der Waals surface area contributed by atoms with Gasteiger partial charge in [0.2, 0.25) is 5.76 Å². The van der Waals surface area contributed by atoms with Crippen molar-refractivity contribution >= 4 is 17.8 Å². The fraction of sp³-hybridized carbons (Fsp3) is 0.167. The monoisotopic (exact) mass is 168 g/mol. The molecule has 0 saturated carbocycles. The maximum absolute atomic E-state index is 10.7. The van der Waals surface area contributed by atoms with Crippen LogP contribution < -0.4 is 0 Å². The molecule has 0 N–H and O–H groups in total. The van der Waals surface area contributed by atoms with Crippen molar-refractivity contribution in [3.05, 3.63) is 11.8 Å². The van der Waals surface area contributed by atoms with E-state index in [1.807, 2.05) is 0 Å². The number of carbonyl (C=O) groups excluding carboxylic acids is 3. The van der Waals surface area contributed by atoms with Crippen molar-refractivity contribution < 1.29 is 19.1 Å². The summed E-state index contributed by atoms with van der Waals surface area (Å²) in [6, 6.07) is 0. The van der Waals surface area contributed by atoms with E-state index in [-0.39, 0.29) is 5.76 Å². The summed E-state index contributed by atoms with van der Waals surface area (Å²) >= 11 is 0. The Balaban J connectivity index is 2.81. The highest BCUT2D eigenvalue weighted by atomic mass is 16.5. The van der Waals surface area contributed by atoms with E-state index in [1.165, 1.54) is 0 Å². The van der Waals surface area contributed by atoms with Gasteiger partial charge in [-0.2, -0.15) is 0 Å². The quantitative estimate of drug-likeness (QED) is 0.514. The number of azo groups is 1. The van der Waals surface area contributed by atoms with Crippen LogP contribution in [0, 0.1) is 0 Å². The summed E-state index contributed by atoms with van der Waals surface area (Å²) in [5, 5.41) is 5.87. The van der Waals surface area contributed by atoms with Gasteiger partial charge >= 0.3 is 11.9 Å². The normalized spacial score (nSPS) is 15.9. The highest BCUT2D eigenvalue weighted by molar-refractivity contribution is 6.04. The maximum Gasteiger partial charge on any atom is 0.331 e. The molecule has 1 rings (SSSR count). The molecule has 2 amide bonds. The minimum atomic E-state index is -0.829. The third-order valence-electron chi connectivity index (χ3n) is 0.958. The number of amides is 2. The Kier molecular flexibility index (Phi) is 2.09.